The van der Waals surface area contributed by atoms with Gasteiger partial charge in [0.2, 0.25) is 0 Å². The lowest BCUT2D eigenvalue weighted by Gasteiger charge is -2.08. The Morgan fingerprint density at radius 2 is 2.20 bits per heavy atom. The van der Waals surface area contributed by atoms with Crippen molar-refractivity contribution in [2.45, 2.75) is 19.8 Å². The number of nitrogens with zero attached hydrogens (tertiary/aromatic N) is 4. The first-order chi connectivity index (χ1) is 9.72. The summed E-state index contributed by atoms with van der Waals surface area (Å²) >= 11 is 0. The molecule has 2 rings (SSSR count). The van der Waals surface area contributed by atoms with Gasteiger partial charge in [0, 0.05) is 51.6 Å². The maximum Gasteiger partial charge on any atom is 0.131 e. The van der Waals surface area contributed by atoms with Gasteiger partial charge < -0.3 is 10.1 Å². The molecule has 0 amide bonds. The number of hydrogen-bond acceptors (Lipinski definition) is 5. The van der Waals surface area contributed by atoms with Gasteiger partial charge in [0.1, 0.15) is 11.6 Å². The monoisotopic (exact) mass is 275 g/mol. The van der Waals surface area contributed by atoms with Crippen LogP contribution in [0.4, 0.5) is 5.82 Å². The predicted octanol–water partition coefficient (Wildman–Crippen LogP) is 1.89. The lowest BCUT2D eigenvalue weighted by atomic mass is 10.2. The maximum absolute atomic E-state index is 5.07. The highest BCUT2D eigenvalue weighted by molar-refractivity contribution is 5.60. The Morgan fingerprint density at radius 3 is 2.85 bits per heavy atom. The quantitative estimate of drug-likeness (QED) is 0.782. The molecule has 2 heterocycles. The second-order valence-electron chi connectivity index (χ2n) is 4.58. The number of ether oxygens (including phenoxy) is 1. The standard InChI is InChI=1S/C14H21N5O/c1-4-15-14-8-12(11-9-16-19(2)10-11)17-13(18-14)6-5-7-20-3/h8-10H,4-7H2,1-3H3,(H,15,17,18). The van der Waals surface area contributed by atoms with Crippen LogP contribution in [0.5, 0.6) is 0 Å². The number of methoxy groups -OCH3 is 1. The minimum Gasteiger partial charge on any atom is -0.385 e. The molecule has 108 valence electrons. The van der Waals surface area contributed by atoms with E-state index in [0.29, 0.717) is 0 Å². The van der Waals surface area contributed by atoms with Gasteiger partial charge in [0.05, 0.1) is 11.9 Å². The average molecular weight is 275 g/mol. The topological polar surface area (TPSA) is 64.9 Å². The molecule has 0 aliphatic carbocycles. The van der Waals surface area contributed by atoms with Gasteiger partial charge in [0.25, 0.3) is 0 Å². The molecule has 0 fully saturated rings. The normalized spacial score (nSPS) is 10.8. The van der Waals surface area contributed by atoms with Crippen molar-refractivity contribution >= 4 is 5.82 Å². The number of aryl methyl sites for hydroxylation is 2. The largest absolute Gasteiger partial charge is 0.385 e. The Bertz CT molecular complexity index is 552. The number of nitrogens with one attached hydrogen (secondary N) is 1. The van der Waals surface area contributed by atoms with Crippen molar-refractivity contribution in [3.8, 4) is 11.3 Å². The number of aromatic nitrogens is 4. The molecule has 0 bridgehead atoms. The van der Waals surface area contributed by atoms with Crippen molar-refractivity contribution in [3.63, 3.8) is 0 Å². The second kappa shape index (κ2) is 7.00. The molecule has 2 aromatic heterocycles. The molecule has 0 saturated heterocycles. The zero-order valence-corrected chi connectivity index (χ0v) is 12.3. The highest BCUT2D eigenvalue weighted by Gasteiger charge is 2.08. The van der Waals surface area contributed by atoms with Gasteiger partial charge in [-0.2, -0.15) is 5.10 Å². The Labute approximate surface area is 119 Å². The molecule has 0 radical (unpaired) electrons. The van der Waals surface area contributed by atoms with E-state index in [1.165, 1.54) is 0 Å². The zero-order chi connectivity index (χ0) is 14.4. The molecule has 0 spiro atoms. The van der Waals surface area contributed by atoms with Crippen LogP contribution in [0, 0.1) is 0 Å². The zero-order valence-electron chi connectivity index (χ0n) is 12.3. The summed E-state index contributed by atoms with van der Waals surface area (Å²) in [5, 5.41) is 7.44. The van der Waals surface area contributed by atoms with Crippen LogP contribution in [-0.2, 0) is 18.2 Å². The van der Waals surface area contributed by atoms with Gasteiger partial charge in [-0.15, -0.1) is 0 Å². The summed E-state index contributed by atoms with van der Waals surface area (Å²) in [5.41, 5.74) is 1.90. The van der Waals surface area contributed by atoms with Crippen molar-refractivity contribution in [3.05, 3.63) is 24.3 Å². The maximum atomic E-state index is 5.07. The fraction of sp³-hybridized carbons (Fsp3) is 0.500. The van der Waals surface area contributed by atoms with Crippen molar-refractivity contribution < 1.29 is 4.74 Å². The van der Waals surface area contributed by atoms with Crippen LogP contribution in [0.15, 0.2) is 18.5 Å². The van der Waals surface area contributed by atoms with Gasteiger partial charge in [-0.25, -0.2) is 9.97 Å². The first-order valence-electron chi connectivity index (χ1n) is 6.82. The molecule has 0 aromatic carbocycles. The molecular weight excluding hydrogens is 254 g/mol. The van der Waals surface area contributed by atoms with Crippen LogP contribution < -0.4 is 5.32 Å². The third-order valence-corrected chi connectivity index (χ3v) is 2.88. The fourth-order valence-corrected chi connectivity index (χ4v) is 1.96. The third kappa shape index (κ3) is 3.77. The van der Waals surface area contributed by atoms with Crippen molar-refractivity contribution in [1.82, 2.24) is 19.7 Å². The van der Waals surface area contributed by atoms with Crippen molar-refractivity contribution in [2.24, 2.45) is 7.05 Å². The minimum atomic E-state index is 0.719. The summed E-state index contributed by atoms with van der Waals surface area (Å²) in [4.78, 5) is 9.13. The van der Waals surface area contributed by atoms with E-state index >= 15 is 0 Å². The molecule has 20 heavy (non-hydrogen) atoms. The van der Waals surface area contributed by atoms with Crippen LogP contribution in [0.1, 0.15) is 19.2 Å². The van der Waals surface area contributed by atoms with Crippen molar-refractivity contribution in [2.75, 3.05) is 25.6 Å². The molecule has 2 aromatic rings. The molecule has 6 heteroatoms. The van der Waals surface area contributed by atoms with Crippen LogP contribution >= 0.6 is 0 Å². The SMILES string of the molecule is CCNc1cc(-c2cnn(C)c2)nc(CCCOC)n1. The van der Waals surface area contributed by atoms with Crippen LogP contribution in [0.3, 0.4) is 0 Å². The fourth-order valence-electron chi connectivity index (χ4n) is 1.96. The molecule has 0 aliphatic rings. The summed E-state index contributed by atoms with van der Waals surface area (Å²) < 4.78 is 6.85. The summed E-state index contributed by atoms with van der Waals surface area (Å²) in [5.74, 6) is 1.69. The molecule has 0 aliphatic heterocycles. The van der Waals surface area contributed by atoms with Gasteiger partial charge in [-0.3, -0.25) is 4.68 Å². The minimum absolute atomic E-state index is 0.719. The van der Waals surface area contributed by atoms with E-state index in [9.17, 15) is 0 Å². The van der Waals surface area contributed by atoms with Gasteiger partial charge >= 0.3 is 0 Å². The number of anilines is 1. The van der Waals surface area contributed by atoms with Gasteiger partial charge in [-0.1, -0.05) is 0 Å². The highest BCUT2D eigenvalue weighted by Crippen LogP contribution is 2.19. The van der Waals surface area contributed by atoms with Crippen LogP contribution in [0.2, 0.25) is 0 Å². The van der Waals surface area contributed by atoms with E-state index in [2.05, 4.69) is 27.3 Å². The average Bonchev–Trinajstić information content (AvgIpc) is 2.86. The summed E-state index contributed by atoms with van der Waals surface area (Å²) in [6.45, 7) is 3.61. The Morgan fingerprint density at radius 1 is 1.35 bits per heavy atom. The summed E-state index contributed by atoms with van der Waals surface area (Å²) in [7, 11) is 3.60. The predicted molar refractivity (Wildman–Crippen MR) is 78.6 cm³/mol. The molecule has 0 unspecified atom stereocenters. The van der Waals surface area contributed by atoms with Gasteiger partial charge in [-0.05, 0) is 13.3 Å². The van der Waals surface area contributed by atoms with E-state index in [0.717, 1.165) is 48.9 Å². The molecule has 6 nitrogen and oxygen atoms in total. The van der Waals surface area contributed by atoms with Crippen molar-refractivity contribution in [1.29, 1.82) is 0 Å². The summed E-state index contributed by atoms with van der Waals surface area (Å²) in [6, 6.07) is 1.96. The second-order valence-corrected chi connectivity index (χ2v) is 4.58. The number of rotatable bonds is 7. The first-order valence-corrected chi connectivity index (χ1v) is 6.82. The molecular formula is C14H21N5O. The van der Waals surface area contributed by atoms with Gasteiger partial charge in [0.15, 0.2) is 0 Å². The summed E-state index contributed by atoms with van der Waals surface area (Å²) in [6.07, 6.45) is 5.49. The smallest absolute Gasteiger partial charge is 0.131 e. The lowest BCUT2D eigenvalue weighted by Crippen LogP contribution is -2.05. The van der Waals surface area contributed by atoms with E-state index in [1.807, 2.05) is 25.5 Å². The van der Waals surface area contributed by atoms with Crippen LogP contribution in [-0.4, -0.2) is 40.0 Å². The lowest BCUT2D eigenvalue weighted by molar-refractivity contribution is 0.194. The molecule has 1 N–H and O–H groups in total. The van der Waals surface area contributed by atoms with E-state index in [4.69, 9.17) is 4.74 Å². The van der Waals surface area contributed by atoms with E-state index < -0.39 is 0 Å². The third-order valence-electron chi connectivity index (χ3n) is 2.88. The molecule has 0 atom stereocenters. The number of hydrogen-bond donors (Lipinski definition) is 1. The Balaban J connectivity index is 2.25. The highest BCUT2D eigenvalue weighted by atomic mass is 16.5. The van der Waals surface area contributed by atoms with E-state index in [1.54, 1.807) is 11.8 Å². The molecule has 0 saturated carbocycles. The first kappa shape index (κ1) is 14.5. The van der Waals surface area contributed by atoms with E-state index in [-0.39, 0.29) is 0 Å². The Kier molecular flexibility index (Phi) is 5.06. The Hall–Kier alpha value is -1.95. The van der Waals surface area contributed by atoms with Crippen LogP contribution in [0.25, 0.3) is 11.3 Å².